The second-order valence-corrected chi connectivity index (χ2v) is 7.27. The molecule has 0 N–H and O–H groups in total. The maximum absolute atomic E-state index is 11.6. The molecule has 0 rings (SSSR count). The van der Waals surface area contributed by atoms with Gasteiger partial charge in [-0.3, -0.25) is 4.79 Å². The number of esters is 1. The summed E-state index contributed by atoms with van der Waals surface area (Å²) in [6.07, 6.45) is 22.6. The Kier molecular flexibility index (Phi) is 27.1. The van der Waals surface area contributed by atoms with Gasteiger partial charge in [-0.2, -0.15) is 0 Å². The molecule has 0 heterocycles. The van der Waals surface area contributed by atoms with Crippen LogP contribution in [0.4, 0.5) is 0 Å². The van der Waals surface area contributed by atoms with Gasteiger partial charge in [-0.1, -0.05) is 110 Å². The third kappa shape index (κ3) is 24.5. The normalized spacial score (nSPS) is 10.5. The van der Waals surface area contributed by atoms with Crippen molar-refractivity contribution in [3.63, 3.8) is 0 Å². The summed E-state index contributed by atoms with van der Waals surface area (Å²) in [5, 5.41) is 0. The maximum Gasteiger partial charge on any atom is 0.305 e. The number of rotatable bonds is 19. The molecule has 0 spiro atoms. The number of carbonyl (C=O) groups excluding carboxylic acids is 1. The summed E-state index contributed by atoms with van der Waals surface area (Å²) in [6.45, 7) is 5.14. The number of carbonyl (C=O) groups is 1. The third-order valence-corrected chi connectivity index (χ3v) is 4.75. The van der Waals surface area contributed by atoms with Gasteiger partial charge in [-0.05, 0) is 12.8 Å². The van der Waals surface area contributed by atoms with Crippen LogP contribution >= 0.6 is 0 Å². The Morgan fingerprint density at radius 1 is 0.560 bits per heavy atom. The van der Waals surface area contributed by atoms with Crippen molar-refractivity contribution in [1.29, 1.82) is 0 Å². The van der Waals surface area contributed by atoms with Crippen molar-refractivity contribution in [1.82, 2.24) is 0 Å². The van der Waals surface area contributed by atoms with E-state index in [4.69, 9.17) is 4.74 Å². The van der Waals surface area contributed by atoms with Crippen LogP contribution < -0.4 is 0 Å². The molecule has 0 saturated heterocycles. The minimum absolute atomic E-state index is 0. The molecule has 3 heteroatoms. The molecule has 0 aromatic rings. The summed E-state index contributed by atoms with van der Waals surface area (Å²) in [7, 11) is 0. The van der Waals surface area contributed by atoms with Crippen LogP contribution in [-0.4, -0.2) is 42.1 Å². The minimum atomic E-state index is 0. The summed E-state index contributed by atoms with van der Waals surface area (Å²) >= 11 is 0. The standard InChI is InChI=1S/C22H44O2.Na/c1-3-5-7-9-11-12-13-15-17-19-21-24-22(23)20-18-16-14-10-8-6-4-2;/h3-21H2,1-2H3;. The molecule has 0 aromatic carbocycles. The zero-order valence-electron chi connectivity index (χ0n) is 17.8. The van der Waals surface area contributed by atoms with E-state index in [1.807, 2.05) is 0 Å². The van der Waals surface area contributed by atoms with Gasteiger partial charge in [-0.25, -0.2) is 0 Å². The van der Waals surface area contributed by atoms with E-state index in [0.717, 1.165) is 12.8 Å². The Labute approximate surface area is 180 Å². The summed E-state index contributed by atoms with van der Waals surface area (Å²) < 4.78 is 5.32. The van der Waals surface area contributed by atoms with Crippen LogP contribution in [0.5, 0.6) is 0 Å². The van der Waals surface area contributed by atoms with Gasteiger partial charge in [0.2, 0.25) is 0 Å². The van der Waals surface area contributed by atoms with Gasteiger partial charge in [0, 0.05) is 36.0 Å². The van der Waals surface area contributed by atoms with Crippen LogP contribution in [0.15, 0.2) is 0 Å². The molecular weight excluding hydrogens is 319 g/mol. The number of hydrogen-bond donors (Lipinski definition) is 0. The largest absolute Gasteiger partial charge is 0.466 e. The van der Waals surface area contributed by atoms with Gasteiger partial charge in [0.15, 0.2) is 0 Å². The number of hydrogen-bond acceptors (Lipinski definition) is 2. The van der Waals surface area contributed by atoms with Gasteiger partial charge in [0.25, 0.3) is 0 Å². The number of unbranched alkanes of at least 4 members (excludes halogenated alkanes) is 15. The van der Waals surface area contributed by atoms with Gasteiger partial charge in [0.05, 0.1) is 6.61 Å². The van der Waals surface area contributed by atoms with Crippen molar-refractivity contribution in [3.8, 4) is 0 Å². The average molecular weight is 364 g/mol. The van der Waals surface area contributed by atoms with Crippen LogP contribution in [-0.2, 0) is 9.53 Å². The second-order valence-electron chi connectivity index (χ2n) is 7.27. The molecule has 1 radical (unpaired) electrons. The second kappa shape index (κ2) is 24.5. The zero-order valence-corrected chi connectivity index (χ0v) is 19.8. The molecule has 0 aliphatic rings. The average Bonchev–Trinajstić information content (AvgIpc) is 2.59. The fourth-order valence-corrected chi connectivity index (χ4v) is 3.07. The van der Waals surface area contributed by atoms with Crippen LogP contribution in [0.25, 0.3) is 0 Å². The molecule has 0 atom stereocenters. The fourth-order valence-electron chi connectivity index (χ4n) is 3.07. The SMILES string of the molecule is CCCCCCCCCCCCOC(=O)CCCCCCCCC.[Na]. The van der Waals surface area contributed by atoms with Crippen molar-refractivity contribution in [3.05, 3.63) is 0 Å². The van der Waals surface area contributed by atoms with Crippen molar-refractivity contribution in [2.75, 3.05) is 6.61 Å². The molecule has 0 saturated carbocycles. The molecule has 0 aromatic heterocycles. The molecule has 2 nitrogen and oxygen atoms in total. The fraction of sp³-hybridized carbons (Fsp3) is 0.955. The molecule has 0 fully saturated rings. The van der Waals surface area contributed by atoms with Crippen molar-refractivity contribution in [2.45, 2.75) is 129 Å². The molecule has 25 heavy (non-hydrogen) atoms. The first kappa shape index (κ1) is 27.7. The topological polar surface area (TPSA) is 26.3 Å². The first-order valence-corrected chi connectivity index (χ1v) is 11.0. The first-order chi connectivity index (χ1) is 11.8. The molecular formula is C22H44NaO2. The van der Waals surface area contributed by atoms with Gasteiger partial charge < -0.3 is 4.74 Å². The van der Waals surface area contributed by atoms with Gasteiger partial charge >= 0.3 is 5.97 Å². The molecule has 0 unspecified atom stereocenters. The monoisotopic (exact) mass is 363 g/mol. The molecule has 0 bridgehead atoms. The Bertz CT molecular complexity index is 256. The summed E-state index contributed by atoms with van der Waals surface area (Å²) in [5.74, 6) is 0.0134. The van der Waals surface area contributed by atoms with E-state index < -0.39 is 0 Å². The van der Waals surface area contributed by atoms with E-state index in [1.54, 1.807) is 0 Å². The Balaban J connectivity index is 0. The van der Waals surface area contributed by atoms with E-state index in [0.29, 0.717) is 13.0 Å². The van der Waals surface area contributed by atoms with E-state index in [1.165, 1.54) is 96.3 Å². The Hall–Kier alpha value is 0.470. The predicted octanol–water partition coefficient (Wildman–Crippen LogP) is 7.21. The third-order valence-electron chi connectivity index (χ3n) is 4.75. The van der Waals surface area contributed by atoms with E-state index in [-0.39, 0.29) is 35.5 Å². The van der Waals surface area contributed by atoms with Gasteiger partial charge in [0.1, 0.15) is 0 Å². The van der Waals surface area contributed by atoms with Crippen LogP contribution in [0, 0.1) is 0 Å². The van der Waals surface area contributed by atoms with Crippen molar-refractivity contribution >= 4 is 35.5 Å². The molecule has 145 valence electrons. The Morgan fingerprint density at radius 3 is 1.36 bits per heavy atom. The van der Waals surface area contributed by atoms with Crippen molar-refractivity contribution in [2.24, 2.45) is 0 Å². The van der Waals surface area contributed by atoms with Crippen LogP contribution in [0.2, 0.25) is 0 Å². The molecule has 0 amide bonds. The van der Waals surface area contributed by atoms with Crippen LogP contribution in [0.1, 0.15) is 129 Å². The predicted molar refractivity (Wildman–Crippen MR) is 111 cm³/mol. The Morgan fingerprint density at radius 2 is 0.920 bits per heavy atom. The molecule has 0 aliphatic carbocycles. The summed E-state index contributed by atoms with van der Waals surface area (Å²) in [4.78, 5) is 11.6. The molecule has 0 aliphatic heterocycles. The van der Waals surface area contributed by atoms with Crippen LogP contribution in [0.3, 0.4) is 0 Å². The van der Waals surface area contributed by atoms with E-state index in [9.17, 15) is 4.79 Å². The van der Waals surface area contributed by atoms with Crippen molar-refractivity contribution < 1.29 is 9.53 Å². The summed E-state index contributed by atoms with van der Waals surface area (Å²) in [6, 6.07) is 0. The smallest absolute Gasteiger partial charge is 0.305 e. The maximum atomic E-state index is 11.6. The quantitative estimate of drug-likeness (QED) is 0.138. The minimum Gasteiger partial charge on any atom is -0.466 e. The first-order valence-electron chi connectivity index (χ1n) is 11.0. The summed E-state index contributed by atoms with van der Waals surface area (Å²) in [5.41, 5.74) is 0. The van der Waals surface area contributed by atoms with Gasteiger partial charge in [-0.15, -0.1) is 0 Å². The number of ether oxygens (including phenoxy) is 1. The van der Waals surface area contributed by atoms with E-state index in [2.05, 4.69) is 13.8 Å². The zero-order chi connectivity index (χ0) is 17.7. The van der Waals surface area contributed by atoms with E-state index >= 15 is 0 Å².